The summed E-state index contributed by atoms with van der Waals surface area (Å²) >= 11 is 0. The third-order valence-electron chi connectivity index (χ3n) is 5.09. The molecule has 2 rings (SSSR count). The number of nitrogens with one attached hydrogen (secondary N) is 2. The summed E-state index contributed by atoms with van der Waals surface area (Å²) in [6, 6.07) is 6.05. The zero-order chi connectivity index (χ0) is 18.2. The summed E-state index contributed by atoms with van der Waals surface area (Å²) in [6.45, 7) is 8.21. The Hall–Kier alpha value is -1.82. The molecule has 2 amide bonds. The van der Waals surface area contributed by atoms with E-state index in [2.05, 4.69) is 34.4 Å². The number of piperidine rings is 1. The van der Waals surface area contributed by atoms with Crippen molar-refractivity contribution >= 4 is 11.8 Å². The number of carbonyl (C=O) groups excluding carboxylic acids is 1. The van der Waals surface area contributed by atoms with E-state index in [1.807, 2.05) is 25.1 Å². The number of hydrogen-bond donors (Lipinski definition) is 3. The summed E-state index contributed by atoms with van der Waals surface area (Å²) in [5.41, 5.74) is 1.02. The highest BCUT2D eigenvalue weighted by Crippen LogP contribution is 2.18. The largest absolute Gasteiger partial charge is 0.391 e. The van der Waals surface area contributed by atoms with E-state index in [4.69, 9.17) is 0 Å². The number of amides is 2. The van der Waals surface area contributed by atoms with E-state index in [1.165, 1.54) is 0 Å². The van der Waals surface area contributed by atoms with Gasteiger partial charge in [0.2, 0.25) is 0 Å². The van der Waals surface area contributed by atoms with Crippen LogP contribution in [0.1, 0.15) is 45.2 Å². The van der Waals surface area contributed by atoms with Crippen molar-refractivity contribution in [3.8, 4) is 0 Å². The number of aliphatic hydroxyl groups excluding tert-OH is 1. The topological polar surface area (TPSA) is 77.5 Å². The Morgan fingerprint density at radius 3 is 2.60 bits per heavy atom. The highest BCUT2D eigenvalue weighted by molar-refractivity contribution is 5.74. The maximum Gasteiger partial charge on any atom is 0.315 e. The number of pyridine rings is 1. The van der Waals surface area contributed by atoms with Crippen LogP contribution in [0.4, 0.5) is 10.6 Å². The van der Waals surface area contributed by atoms with Crippen LogP contribution in [0.2, 0.25) is 0 Å². The second-order valence-corrected chi connectivity index (χ2v) is 6.90. The average molecular weight is 348 g/mol. The molecular weight excluding hydrogens is 316 g/mol. The Morgan fingerprint density at radius 1 is 1.32 bits per heavy atom. The predicted molar refractivity (Wildman–Crippen MR) is 101 cm³/mol. The molecule has 0 saturated carbocycles. The summed E-state index contributed by atoms with van der Waals surface area (Å²) in [5.74, 6) is 1.25. The average Bonchev–Trinajstić information content (AvgIpc) is 2.61. The lowest BCUT2D eigenvalue weighted by Gasteiger charge is -2.33. The molecule has 0 radical (unpaired) electrons. The van der Waals surface area contributed by atoms with E-state index in [9.17, 15) is 9.90 Å². The van der Waals surface area contributed by atoms with Crippen LogP contribution in [-0.2, 0) is 0 Å². The molecule has 0 bridgehead atoms. The minimum absolute atomic E-state index is 0.173. The molecule has 1 aromatic rings. The number of aryl methyl sites for hydroxylation is 1. The first-order chi connectivity index (χ1) is 12.0. The lowest BCUT2D eigenvalue weighted by molar-refractivity contribution is 0.103. The monoisotopic (exact) mass is 348 g/mol. The maximum atomic E-state index is 12.1. The lowest BCUT2D eigenvalue weighted by atomic mass is 9.97. The highest BCUT2D eigenvalue weighted by atomic mass is 16.3. The molecule has 2 heterocycles. The number of carbonyl (C=O) groups is 1. The maximum absolute atomic E-state index is 12.1. The van der Waals surface area contributed by atoms with E-state index in [0.29, 0.717) is 6.54 Å². The van der Waals surface area contributed by atoms with E-state index in [1.54, 1.807) is 0 Å². The molecule has 25 heavy (non-hydrogen) atoms. The zero-order valence-corrected chi connectivity index (χ0v) is 15.7. The van der Waals surface area contributed by atoms with Crippen molar-refractivity contribution in [2.75, 3.05) is 24.5 Å². The van der Waals surface area contributed by atoms with Gasteiger partial charge in [0.1, 0.15) is 5.82 Å². The molecule has 0 unspecified atom stereocenters. The molecule has 1 saturated heterocycles. The van der Waals surface area contributed by atoms with Gasteiger partial charge in [0.15, 0.2) is 0 Å². The van der Waals surface area contributed by atoms with Crippen molar-refractivity contribution in [2.45, 2.75) is 58.6 Å². The molecular formula is C19H32N4O2. The van der Waals surface area contributed by atoms with Gasteiger partial charge >= 0.3 is 6.03 Å². The first-order valence-corrected chi connectivity index (χ1v) is 9.44. The molecule has 1 fully saturated rings. The molecule has 140 valence electrons. The Morgan fingerprint density at radius 2 is 2.00 bits per heavy atom. The normalized spacial score (nSPS) is 16.8. The number of hydrogen-bond acceptors (Lipinski definition) is 4. The molecule has 0 aromatic carbocycles. The molecule has 3 N–H and O–H groups in total. The smallest absolute Gasteiger partial charge is 0.315 e. The van der Waals surface area contributed by atoms with Gasteiger partial charge in [-0.3, -0.25) is 0 Å². The molecule has 6 heteroatoms. The highest BCUT2D eigenvalue weighted by Gasteiger charge is 2.22. The van der Waals surface area contributed by atoms with Crippen LogP contribution in [0.5, 0.6) is 0 Å². The van der Waals surface area contributed by atoms with Crippen molar-refractivity contribution in [1.82, 2.24) is 15.6 Å². The van der Waals surface area contributed by atoms with Crippen molar-refractivity contribution < 1.29 is 9.90 Å². The molecule has 1 aliphatic rings. The minimum Gasteiger partial charge on any atom is -0.391 e. The van der Waals surface area contributed by atoms with Gasteiger partial charge in [-0.1, -0.05) is 32.8 Å². The zero-order valence-electron chi connectivity index (χ0n) is 15.7. The Balaban J connectivity index is 1.71. The van der Waals surface area contributed by atoms with Gasteiger partial charge in [-0.25, -0.2) is 9.78 Å². The van der Waals surface area contributed by atoms with Gasteiger partial charge < -0.3 is 20.6 Å². The van der Waals surface area contributed by atoms with Crippen LogP contribution in [-0.4, -0.2) is 47.9 Å². The Kier molecular flexibility index (Phi) is 7.50. The standard InChI is InChI=1S/C19H32N4O2/c1-4-15(5-2)17(24)13-20-19(25)22-16-9-11-23(12-10-16)18-8-6-7-14(3)21-18/h6-8,15-17,24H,4-5,9-13H2,1-3H3,(H2,20,22,25)/t17-/m0/s1. The Bertz CT molecular complexity index is 540. The third kappa shape index (κ3) is 5.88. The van der Waals surface area contributed by atoms with E-state index >= 15 is 0 Å². The van der Waals surface area contributed by atoms with Crippen LogP contribution in [0.25, 0.3) is 0 Å². The molecule has 6 nitrogen and oxygen atoms in total. The second kappa shape index (κ2) is 9.61. The Labute approximate surface area is 151 Å². The van der Waals surface area contributed by atoms with E-state index in [0.717, 1.165) is 50.3 Å². The summed E-state index contributed by atoms with van der Waals surface area (Å²) in [4.78, 5) is 18.9. The van der Waals surface area contributed by atoms with Crippen molar-refractivity contribution in [3.63, 3.8) is 0 Å². The molecule has 1 aliphatic heterocycles. The number of rotatable bonds is 7. The second-order valence-electron chi connectivity index (χ2n) is 6.90. The van der Waals surface area contributed by atoms with Crippen molar-refractivity contribution in [3.05, 3.63) is 23.9 Å². The lowest BCUT2D eigenvalue weighted by Crippen LogP contribution is -2.49. The molecule has 1 atom stereocenters. The number of urea groups is 1. The van der Waals surface area contributed by atoms with E-state index in [-0.39, 0.29) is 18.0 Å². The number of aromatic nitrogens is 1. The van der Waals surface area contributed by atoms with Crippen LogP contribution in [0, 0.1) is 12.8 Å². The summed E-state index contributed by atoms with van der Waals surface area (Å²) in [6.07, 6.45) is 3.17. The first kappa shape index (κ1) is 19.5. The summed E-state index contributed by atoms with van der Waals surface area (Å²) in [5, 5.41) is 15.9. The minimum atomic E-state index is -0.477. The van der Waals surface area contributed by atoms with Crippen molar-refractivity contribution in [1.29, 1.82) is 0 Å². The van der Waals surface area contributed by atoms with Crippen LogP contribution < -0.4 is 15.5 Å². The van der Waals surface area contributed by atoms with Gasteiger partial charge in [-0.15, -0.1) is 0 Å². The van der Waals surface area contributed by atoms with Crippen molar-refractivity contribution in [2.24, 2.45) is 5.92 Å². The number of anilines is 1. The fourth-order valence-corrected chi connectivity index (χ4v) is 3.39. The number of aliphatic hydroxyl groups is 1. The molecule has 0 spiro atoms. The SMILES string of the molecule is CCC(CC)[C@@H](O)CNC(=O)NC1CCN(c2cccc(C)n2)CC1. The summed E-state index contributed by atoms with van der Waals surface area (Å²) < 4.78 is 0. The predicted octanol–water partition coefficient (Wildman–Crippen LogP) is 2.46. The van der Waals surface area contributed by atoms with Gasteiger partial charge in [0.05, 0.1) is 6.10 Å². The first-order valence-electron chi connectivity index (χ1n) is 9.44. The number of nitrogens with zero attached hydrogens (tertiary/aromatic N) is 2. The molecule has 0 aliphatic carbocycles. The third-order valence-corrected chi connectivity index (χ3v) is 5.09. The van der Waals surface area contributed by atoms with Gasteiger partial charge in [-0.2, -0.15) is 0 Å². The van der Waals surface area contributed by atoms with Crippen LogP contribution in [0.15, 0.2) is 18.2 Å². The summed E-state index contributed by atoms with van der Waals surface area (Å²) in [7, 11) is 0. The fraction of sp³-hybridized carbons (Fsp3) is 0.684. The van der Waals surface area contributed by atoms with Gasteiger partial charge in [-0.05, 0) is 37.8 Å². The fourth-order valence-electron chi connectivity index (χ4n) is 3.39. The van der Waals surface area contributed by atoms with E-state index < -0.39 is 6.10 Å². The molecule has 1 aromatic heterocycles. The quantitative estimate of drug-likeness (QED) is 0.707. The van der Waals surface area contributed by atoms with Gasteiger partial charge in [0, 0.05) is 31.4 Å². The van der Waals surface area contributed by atoms with Crippen LogP contribution >= 0.6 is 0 Å². The van der Waals surface area contributed by atoms with Gasteiger partial charge in [0.25, 0.3) is 0 Å². The van der Waals surface area contributed by atoms with Crippen LogP contribution in [0.3, 0.4) is 0 Å².